The molecule has 20 heavy (non-hydrogen) atoms. The van der Waals surface area contributed by atoms with Crippen LogP contribution in [0.4, 0.5) is 10.5 Å². The summed E-state index contributed by atoms with van der Waals surface area (Å²) in [7, 11) is 1.51. The van der Waals surface area contributed by atoms with Gasteiger partial charge in [-0.25, -0.2) is 9.59 Å². The molecule has 0 saturated carbocycles. The zero-order valence-corrected chi connectivity index (χ0v) is 11.3. The first-order valence-electron chi connectivity index (χ1n) is 6.03. The van der Waals surface area contributed by atoms with Gasteiger partial charge < -0.3 is 21.1 Å². The van der Waals surface area contributed by atoms with Crippen LogP contribution < -0.4 is 16.0 Å². The molecule has 108 valence electrons. The van der Waals surface area contributed by atoms with Gasteiger partial charge in [-0.2, -0.15) is 0 Å². The van der Waals surface area contributed by atoms with Gasteiger partial charge in [0.2, 0.25) is 5.91 Å². The molecule has 1 rings (SSSR count). The Morgan fingerprint density at radius 2 is 1.95 bits per heavy atom. The molecule has 4 N–H and O–H groups in total. The summed E-state index contributed by atoms with van der Waals surface area (Å²) in [5.74, 6) is -1.30. The van der Waals surface area contributed by atoms with E-state index in [9.17, 15) is 14.4 Å². The van der Waals surface area contributed by atoms with Gasteiger partial charge in [0.1, 0.15) is 0 Å². The van der Waals surface area contributed by atoms with Gasteiger partial charge in [-0.05, 0) is 19.1 Å². The zero-order valence-electron chi connectivity index (χ0n) is 11.3. The molecule has 0 atom stereocenters. The molecule has 0 bridgehead atoms. The lowest BCUT2D eigenvalue weighted by Gasteiger charge is -2.10. The van der Waals surface area contributed by atoms with Crippen molar-refractivity contribution in [2.24, 2.45) is 0 Å². The Bertz CT molecular complexity index is 528. The minimum absolute atomic E-state index is 0.0199. The van der Waals surface area contributed by atoms with E-state index in [0.717, 1.165) is 5.56 Å². The Balaban J connectivity index is 2.62. The lowest BCUT2D eigenvalue weighted by molar-refractivity contribution is -0.120. The number of carbonyl (C=O) groups is 3. The molecule has 0 aliphatic heterocycles. The molecule has 7 nitrogen and oxygen atoms in total. The van der Waals surface area contributed by atoms with Crippen molar-refractivity contribution in [2.45, 2.75) is 13.3 Å². The first-order valence-corrected chi connectivity index (χ1v) is 6.03. The standard InChI is InChI=1S/C13H17N3O4/c1-8-3-4-10(9(7-8)12(18)19)16-13(20)15-6-5-11(17)14-2/h3-4,7H,5-6H2,1-2H3,(H,14,17)(H,18,19)(H2,15,16,20). The van der Waals surface area contributed by atoms with Crippen LogP contribution in [-0.4, -0.2) is 36.6 Å². The first-order chi connectivity index (χ1) is 9.43. The molecular weight excluding hydrogens is 262 g/mol. The minimum Gasteiger partial charge on any atom is -0.478 e. The van der Waals surface area contributed by atoms with Crippen molar-refractivity contribution in [1.29, 1.82) is 0 Å². The summed E-state index contributed by atoms with van der Waals surface area (Å²) >= 11 is 0. The van der Waals surface area contributed by atoms with Crippen molar-refractivity contribution in [3.05, 3.63) is 29.3 Å². The molecule has 0 unspecified atom stereocenters. The van der Waals surface area contributed by atoms with E-state index in [1.807, 2.05) is 0 Å². The largest absolute Gasteiger partial charge is 0.478 e. The van der Waals surface area contributed by atoms with Gasteiger partial charge in [0, 0.05) is 20.0 Å². The van der Waals surface area contributed by atoms with Crippen molar-refractivity contribution < 1.29 is 19.5 Å². The van der Waals surface area contributed by atoms with Crippen LogP contribution in [0, 0.1) is 6.92 Å². The summed E-state index contributed by atoms with van der Waals surface area (Å²) in [4.78, 5) is 33.6. The zero-order chi connectivity index (χ0) is 15.1. The minimum atomic E-state index is -1.12. The van der Waals surface area contributed by atoms with Crippen LogP contribution >= 0.6 is 0 Å². The predicted molar refractivity (Wildman–Crippen MR) is 73.8 cm³/mol. The summed E-state index contributed by atoms with van der Waals surface area (Å²) in [5, 5.41) is 16.4. The van der Waals surface area contributed by atoms with E-state index < -0.39 is 12.0 Å². The maximum absolute atomic E-state index is 11.6. The number of rotatable bonds is 5. The molecule has 1 aromatic rings. The molecule has 0 saturated heterocycles. The molecule has 0 fully saturated rings. The van der Waals surface area contributed by atoms with Crippen LogP contribution in [0.2, 0.25) is 0 Å². The molecule has 1 aromatic carbocycles. The number of anilines is 1. The third kappa shape index (κ3) is 4.60. The summed E-state index contributed by atoms with van der Waals surface area (Å²) in [6.45, 7) is 1.93. The Kier molecular flexibility index (Phi) is 5.52. The highest BCUT2D eigenvalue weighted by Crippen LogP contribution is 2.17. The van der Waals surface area contributed by atoms with Crippen molar-refractivity contribution >= 4 is 23.6 Å². The van der Waals surface area contributed by atoms with Gasteiger partial charge in [-0.1, -0.05) is 11.6 Å². The average molecular weight is 279 g/mol. The quantitative estimate of drug-likeness (QED) is 0.643. The van der Waals surface area contributed by atoms with Crippen LogP contribution in [0.25, 0.3) is 0 Å². The molecule has 0 aromatic heterocycles. The second-order valence-corrected chi connectivity index (χ2v) is 4.16. The third-order valence-corrected chi connectivity index (χ3v) is 2.57. The summed E-state index contributed by atoms with van der Waals surface area (Å²) < 4.78 is 0. The highest BCUT2D eigenvalue weighted by atomic mass is 16.4. The number of aryl methyl sites for hydroxylation is 1. The van der Waals surface area contributed by atoms with Crippen molar-refractivity contribution in [1.82, 2.24) is 10.6 Å². The Morgan fingerprint density at radius 3 is 2.55 bits per heavy atom. The van der Waals surface area contributed by atoms with Gasteiger partial charge in [0.05, 0.1) is 11.3 Å². The van der Waals surface area contributed by atoms with Gasteiger partial charge in [0.25, 0.3) is 0 Å². The third-order valence-electron chi connectivity index (χ3n) is 2.57. The van der Waals surface area contributed by atoms with Crippen LogP contribution in [0.15, 0.2) is 18.2 Å². The van der Waals surface area contributed by atoms with E-state index in [-0.39, 0.29) is 30.1 Å². The summed E-state index contributed by atoms with van der Waals surface area (Å²) in [6, 6.07) is 4.15. The normalized spacial score (nSPS) is 9.70. The molecule has 7 heteroatoms. The van der Waals surface area contributed by atoms with E-state index >= 15 is 0 Å². The number of nitrogens with one attached hydrogen (secondary N) is 3. The molecule has 0 spiro atoms. The maximum Gasteiger partial charge on any atom is 0.337 e. The molecule has 0 aliphatic carbocycles. The lowest BCUT2D eigenvalue weighted by atomic mass is 10.1. The van der Waals surface area contributed by atoms with Gasteiger partial charge in [0.15, 0.2) is 0 Å². The number of hydrogen-bond donors (Lipinski definition) is 4. The second-order valence-electron chi connectivity index (χ2n) is 4.16. The number of urea groups is 1. The summed E-state index contributed by atoms with van der Waals surface area (Å²) in [5.41, 5.74) is 1.01. The van der Waals surface area contributed by atoms with Crippen molar-refractivity contribution in [3.8, 4) is 0 Å². The smallest absolute Gasteiger partial charge is 0.337 e. The number of carboxylic acids is 1. The monoisotopic (exact) mass is 279 g/mol. The van der Waals surface area contributed by atoms with Crippen LogP contribution in [0.3, 0.4) is 0 Å². The topological polar surface area (TPSA) is 108 Å². The lowest BCUT2D eigenvalue weighted by Crippen LogP contribution is -2.32. The first kappa shape index (κ1) is 15.5. The number of carboxylic acid groups (broad SMARTS) is 1. The summed E-state index contributed by atoms with van der Waals surface area (Å²) in [6.07, 6.45) is 0.156. The molecular formula is C13H17N3O4. The number of carbonyl (C=O) groups excluding carboxylic acids is 2. The predicted octanol–water partition coefficient (Wildman–Crippen LogP) is 0.951. The van der Waals surface area contributed by atoms with E-state index in [1.165, 1.54) is 19.2 Å². The second kappa shape index (κ2) is 7.13. The fraction of sp³-hybridized carbons (Fsp3) is 0.308. The van der Waals surface area contributed by atoms with E-state index in [4.69, 9.17) is 5.11 Å². The molecule has 0 aliphatic rings. The Labute approximate surface area is 116 Å². The molecule has 0 radical (unpaired) electrons. The van der Waals surface area contributed by atoms with Crippen LogP contribution in [0.5, 0.6) is 0 Å². The van der Waals surface area contributed by atoms with E-state index in [1.54, 1.807) is 13.0 Å². The van der Waals surface area contributed by atoms with Crippen LogP contribution in [0.1, 0.15) is 22.3 Å². The molecule has 3 amide bonds. The maximum atomic E-state index is 11.6. The van der Waals surface area contributed by atoms with Gasteiger partial charge >= 0.3 is 12.0 Å². The van der Waals surface area contributed by atoms with E-state index in [2.05, 4.69) is 16.0 Å². The fourth-order valence-electron chi connectivity index (χ4n) is 1.53. The number of aromatic carboxylic acids is 1. The van der Waals surface area contributed by atoms with Crippen LogP contribution in [-0.2, 0) is 4.79 Å². The van der Waals surface area contributed by atoms with Crippen molar-refractivity contribution in [3.63, 3.8) is 0 Å². The Morgan fingerprint density at radius 1 is 1.25 bits per heavy atom. The number of benzene rings is 1. The SMILES string of the molecule is CNC(=O)CCNC(=O)Nc1ccc(C)cc1C(=O)O. The van der Waals surface area contributed by atoms with Gasteiger partial charge in [-0.15, -0.1) is 0 Å². The average Bonchev–Trinajstić information content (AvgIpc) is 2.40. The Hall–Kier alpha value is -2.57. The van der Waals surface area contributed by atoms with Crippen molar-refractivity contribution in [2.75, 3.05) is 18.9 Å². The highest BCUT2D eigenvalue weighted by molar-refractivity contribution is 6.00. The molecule has 0 heterocycles. The highest BCUT2D eigenvalue weighted by Gasteiger charge is 2.12. The fourth-order valence-corrected chi connectivity index (χ4v) is 1.53. The van der Waals surface area contributed by atoms with Gasteiger partial charge in [-0.3, -0.25) is 4.79 Å². The number of amides is 3. The number of hydrogen-bond acceptors (Lipinski definition) is 3. The van der Waals surface area contributed by atoms with E-state index in [0.29, 0.717) is 0 Å².